The molecular formula is C24H23N5O3. The minimum absolute atomic E-state index is 0.237. The molecule has 3 heterocycles. The second kappa shape index (κ2) is 8.22. The maximum absolute atomic E-state index is 13.0. The first kappa shape index (κ1) is 19.9. The summed E-state index contributed by atoms with van der Waals surface area (Å²) in [6, 6.07) is 19.6. The van der Waals surface area contributed by atoms with Crippen molar-refractivity contribution in [3.05, 3.63) is 87.7 Å². The van der Waals surface area contributed by atoms with E-state index in [2.05, 4.69) is 14.9 Å². The van der Waals surface area contributed by atoms with Crippen molar-refractivity contribution in [1.29, 1.82) is 0 Å². The van der Waals surface area contributed by atoms with Crippen LogP contribution in [-0.4, -0.2) is 51.5 Å². The molecule has 8 nitrogen and oxygen atoms in total. The number of H-pyrrole nitrogens is 2. The normalized spacial score (nSPS) is 14.1. The molecule has 0 unspecified atom stereocenters. The zero-order valence-electron chi connectivity index (χ0n) is 17.5. The Labute approximate surface area is 183 Å². The maximum atomic E-state index is 13.0. The molecule has 5 rings (SSSR count). The van der Waals surface area contributed by atoms with Gasteiger partial charge in [0, 0.05) is 43.6 Å². The third-order valence-electron chi connectivity index (χ3n) is 5.95. The minimum atomic E-state index is -0.587. The fourth-order valence-electron chi connectivity index (χ4n) is 4.20. The summed E-state index contributed by atoms with van der Waals surface area (Å²) in [4.78, 5) is 48.2. The van der Waals surface area contributed by atoms with Crippen molar-refractivity contribution >= 4 is 22.6 Å². The number of aromatic amines is 2. The summed E-state index contributed by atoms with van der Waals surface area (Å²) >= 11 is 0. The Morgan fingerprint density at radius 2 is 1.50 bits per heavy atom. The van der Waals surface area contributed by atoms with Crippen molar-refractivity contribution in [2.75, 3.05) is 31.1 Å². The van der Waals surface area contributed by atoms with Gasteiger partial charge >= 0.3 is 5.69 Å². The Kier molecular flexibility index (Phi) is 5.10. The number of nitrogens with zero attached hydrogens (tertiary/aromatic N) is 3. The van der Waals surface area contributed by atoms with Gasteiger partial charge in [0.05, 0.1) is 5.52 Å². The van der Waals surface area contributed by atoms with Gasteiger partial charge < -0.3 is 19.8 Å². The maximum Gasteiger partial charge on any atom is 0.329 e. The molecule has 2 N–H and O–H groups in total. The first-order chi connectivity index (χ1) is 15.6. The topological polar surface area (TPSA) is 94.2 Å². The Morgan fingerprint density at radius 1 is 0.844 bits per heavy atom. The quantitative estimate of drug-likeness (QED) is 0.519. The van der Waals surface area contributed by atoms with Crippen LogP contribution in [0.4, 0.5) is 5.69 Å². The highest BCUT2D eigenvalue weighted by atomic mass is 16.2. The first-order valence-electron chi connectivity index (χ1n) is 10.6. The molecule has 0 aliphatic carbocycles. The second-order valence-electron chi connectivity index (χ2n) is 7.84. The van der Waals surface area contributed by atoms with E-state index in [9.17, 15) is 14.4 Å². The summed E-state index contributed by atoms with van der Waals surface area (Å²) < 4.78 is 0.972. The number of hydrogen-bond donors (Lipinski definition) is 2. The van der Waals surface area contributed by atoms with Crippen LogP contribution < -0.4 is 16.1 Å². The number of aromatic nitrogens is 3. The standard InChI is InChI=1S/C24H23N5O3/c30-20(28-13-11-27(12-14-28)18-9-5-2-6-10-18)16-29-23(31)22-21(26-24(29)32)19(15-25-22)17-7-3-1-4-8-17/h1-10,15,25H,11-14,16H2,(H,26,32). The number of carbonyl (C=O) groups excluding carboxylic acids is 1. The summed E-state index contributed by atoms with van der Waals surface area (Å²) in [5, 5.41) is 0. The average molecular weight is 429 g/mol. The highest BCUT2D eigenvalue weighted by Crippen LogP contribution is 2.24. The molecule has 0 spiro atoms. The lowest BCUT2D eigenvalue weighted by molar-refractivity contribution is -0.132. The molecule has 162 valence electrons. The number of fused-ring (bicyclic) bond motifs is 1. The van der Waals surface area contributed by atoms with Crippen LogP contribution in [0.1, 0.15) is 0 Å². The van der Waals surface area contributed by atoms with Crippen LogP contribution in [0.3, 0.4) is 0 Å². The molecular weight excluding hydrogens is 406 g/mol. The molecule has 2 aromatic carbocycles. The lowest BCUT2D eigenvalue weighted by Gasteiger charge is -2.36. The molecule has 1 fully saturated rings. The number of benzene rings is 2. The highest BCUT2D eigenvalue weighted by molar-refractivity contribution is 5.91. The zero-order valence-corrected chi connectivity index (χ0v) is 17.5. The van der Waals surface area contributed by atoms with Gasteiger partial charge in [0.25, 0.3) is 5.56 Å². The zero-order chi connectivity index (χ0) is 22.1. The number of anilines is 1. The summed E-state index contributed by atoms with van der Waals surface area (Å²) in [5.41, 5.74) is 2.40. The summed E-state index contributed by atoms with van der Waals surface area (Å²) in [6.45, 7) is 2.22. The van der Waals surface area contributed by atoms with Crippen molar-refractivity contribution in [2.24, 2.45) is 0 Å². The van der Waals surface area contributed by atoms with Gasteiger partial charge in [-0.3, -0.25) is 9.59 Å². The molecule has 32 heavy (non-hydrogen) atoms. The SMILES string of the molecule is O=C(Cn1c(=O)[nH]c2c(-c3ccccc3)c[nH]c2c1=O)N1CCN(c2ccccc2)CC1. The van der Waals surface area contributed by atoms with Gasteiger partial charge in [-0.2, -0.15) is 0 Å². The number of carbonyl (C=O) groups is 1. The van der Waals surface area contributed by atoms with Crippen molar-refractivity contribution in [3.8, 4) is 11.1 Å². The van der Waals surface area contributed by atoms with E-state index < -0.39 is 11.2 Å². The Balaban J connectivity index is 1.35. The highest BCUT2D eigenvalue weighted by Gasteiger charge is 2.23. The van der Waals surface area contributed by atoms with Gasteiger partial charge in [-0.05, 0) is 17.7 Å². The van der Waals surface area contributed by atoms with Crippen molar-refractivity contribution in [2.45, 2.75) is 6.54 Å². The van der Waals surface area contributed by atoms with Gasteiger partial charge in [-0.25, -0.2) is 9.36 Å². The van der Waals surface area contributed by atoms with Gasteiger partial charge in [-0.15, -0.1) is 0 Å². The van der Waals surface area contributed by atoms with E-state index >= 15 is 0 Å². The van der Waals surface area contributed by atoms with Gasteiger partial charge in [0.2, 0.25) is 5.91 Å². The molecule has 1 amide bonds. The lowest BCUT2D eigenvalue weighted by atomic mass is 10.1. The molecule has 2 aromatic heterocycles. The van der Waals surface area contributed by atoms with E-state index in [1.807, 2.05) is 60.7 Å². The molecule has 8 heteroatoms. The number of rotatable bonds is 4. The summed E-state index contributed by atoms with van der Waals surface area (Å²) in [5.74, 6) is -0.237. The Morgan fingerprint density at radius 3 is 2.19 bits per heavy atom. The first-order valence-corrected chi connectivity index (χ1v) is 10.6. The van der Waals surface area contributed by atoms with Crippen molar-refractivity contribution in [1.82, 2.24) is 19.4 Å². The van der Waals surface area contributed by atoms with Crippen LogP contribution in [0.15, 0.2) is 76.4 Å². The van der Waals surface area contributed by atoms with E-state index in [4.69, 9.17) is 0 Å². The van der Waals surface area contributed by atoms with Crippen LogP contribution in [0.5, 0.6) is 0 Å². The van der Waals surface area contributed by atoms with Crippen LogP contribution >= 0.6 is 0 Å². The number of hydrogen-bond acceptors (Lipinski definition) is 4. The largest absolute Gasteiger partial charge is 0.368 e. The van der Waals surface area contributed by atoms with Crippen LogP contribution in [0.25, 0.3) is 22.2 Å². The molecule has 1 aliphatic rings. The molecule has 0 bridgehead atoms. The predicted molar refractivity (Wildman–Crippen MR) is 124 cm³/mol. The predicted octanol–water partition coefficient (Wildman–Crippen LogP) is 2.03. The minimum Gasteiger partial charge on any atom is -0.368 e. The van der Waals surface area contributed by atoms with E-state index in [0.29, 0.717) is 31.7 Å². The molecule has 1 aliphatic heterocycles. The molecule has 1 saturated heterocycles. The van der Waals surface area contributed by atoms with Gasteiger partial charge in [0.15, 0.2) is 0 Å². The van der Waals surface area contributed by atoms with Gasteiger partial charge in [0.1, 0.15) is 12.1 Å². The fraction of sp³-hybridized carbons (Fsp3) is 0.208. The average Bonchev–Trinajstić information content (AvgIpc) is 3.26. The summed E-state index contributed by atoms with van der Waals surface area (Å²) in [6.07, 6.45) is 1.70. The molecule has 4 aromatic rings. The monoisotopic (exact) mass is 429 g/mol. The lowest BCUT2D eigenvalue weighted by Crippen LogP contribution is -2.51. The smallest absolute Gasteiger partial charge is 0.329 e. The van der Waals surface area contributed by atoms with Crippen LogP contribution in [-0.2, 0) is 11.3 Å². The fourth-order valence-corrected chi connectivity index (χ4v) is 4.20. The van der Waals surface area contributed by atoms with E-state index in [1.165, 1.54) is 0 Å². The third kappa shape index (κ3) is 3.60. The van der Waals surface area contributed by atoms with E-state index in [1.54, 1.807) is 11.1 Å². The van der Waals surface area contributed by atoms with Crippen LogP contribution in [0, 0.1) is 0 Å². The van der Waals surface area contributed by atoms with E-state index in [0.717, 1.165) is 21.4 Å². The Bertz CT molecular complexity index is 1360. The summed E-state index contributed by atoms with van der Waals surface area (Å²) in [7, 11) is 0. The van der Waals surface area contributed by atoms with Crippen LogP contribution in [0.2, 0.25) is 0 Å². The van der Waals surface area contributed by atoms with E-state index in [-0.39, 0.29) is 18.0 Å². The molecule has 0 saturated carbocycles. The van der Waals surface area contributed by atoms with Crippen molar-refractivity contribution < 1.29 is 4.79 Å². The number of amides is 1. The number of piperazine rings is 1. The molecule has 0 atom stereocenters. The third-order valence-corrected chi connectivity index (χ3v) is 5.95. The van der Waals surface area contributed by atoms with Gasteiger partial charge in [-0.1, -0.05) is 48.5 Å². The van der Waals surface area contributed by atoms with Crippen molar-refractivity contribution in [3.63, 3.8) is 0 Å². The second-order valence-corrected chi connectivity index (χ2v) is 7.84. The number of para-hydroxylation sites is 1. The Hall–Kier alpha value is -4.07. The number of nitrogens with one attached hydrogen (secondary N) is 2. The molecule has 0 radical (unpaired) electrons.